The molecule has 0 spiro atoms. The summed E-state index contributed by atoms with van der Waals surface area (Å²) in [7, 11) is 1.93. The number of nitrogens with zero attached hydrogens (tertiary/aromatic N) is 4. The first-order valence-electron chi connectivity index (χ1n) is 7.80. The number of amidine groups is 1. The van der Waals surface area contributed by atoms with E-state index >= 15 is 0 Å². The molecule has 1 aromatic heterocycles. The van der Waals surface area contributed by atoms with Gasteiger partial charge in [0.2, 0.25) is 0 Å². The Balaban J connectivity index is 1.73. The lowest BCUT2D eigenvalue weighted by Crippen LogP contribution is -2.31. The van der Waals surface area contributed by atoms with Crippen LogP contribution in [0.1, 0.15) is 24.8 Å². The molecular formula is C17H18F2N4O. The van der Waals surface area contributed by atoms with E-state index in [0.29, 0.717) is 0 Å². The third kappa shape index (κ3) is 4.04. The fourth-order valence-corrected chi connectivity index (χ4v) is 2.43. The number of rotatable bonds is 4. The molecule has 126 valence electrons. The molecule has 0 amide bonds. The number of ether oxygens (including phenoxy) is 1. The number of hydrogen-bond acceptors (Lipinski definition) is 4. The van der Waals surface area contributed by atoms with E-state index in [9.17, 15) is 8.78 Å². The Bertz CT molecular complexity index is 734. The van der Waals surface area contributed by atoms with Crippen LogP contribution in [0.15, 0.2) is 35.5 Å². The molecule has 1 fully saturated rings. The summed E-state index contributed by atoms with van der Waals surface area (Å²) in [5.41, 5.74) is 0.768. The lowest BCUT2D eigenvalue weighted by atomic mass is 10.1. The highest BCUT2D eigenvalue weighted by Crippen LogP contribution is 2.20. The molecule has 5 nitrogen and oxygen atoms in total. The number of halogens is 2. The highest BCUT2D eigenvalue weighted by Gasteiger charge is 2.15. The van der Waals surface area contributed by atoms with E-state index in [0.717, 1.165) is 43.4 Å². The van der Waals surface area contributed by atoms with E-state index in [1.54, 1.807) is 12.1 Å². The van der Waals surface area contributed by atoms with Gasteiger partial charge in [-0.2, -0.15) is 4.98 Å². The molecule has 0 aliphatic carbocycles. The van der Waals surface area contributed by atoms with Gasteiger partial charge in [0.05, 0.1) is 6.20 Å². The van der Waals surface area contributed by atoms with Gasteiger partial charge in [-0.3, -0.25) is 0 Å². The van der Waals surface area contributed by atoms with Crippen LogP contribution in [0.4, 0.5) is 14.6 Å². The first-order chi connectivity index (χ1) is 11.6. The molecule has 2 aromatic rings. The largest absolute Gasteiger partial charge is 0.459 e. The molecule has 0 N–H and O–H groups in total. The standard InChI is InChI=1S/C17H18F2N4O/c1-23-9-3-2-4-15(23)21-16-14(19)10-20-17(22-16)24-11-12-5-7-13(18)8-6-12/h5-8,10H,2-4,9,11H2,1H3/b21-15+. The van der Waals surface area contributed by atoms with Crippen LogP contribution in [0, 0.1) is 11.6 Å². The summed E-state index contributed by atoms with van der Waals surface area (Å²) in [5, 5.41) is 0. The van der Waals surface area contributed by atoms with Crippen LogP contribution in [0.25, 0.3) is 0 Å². The Kier molecular flexibility index (Phi) is 4.98. The number of hydrogen-bond donors (Lipinski definition) is 0. The molecular weight excluding hydrogens is 314 g/mol. The molecule has 1 aromatic carbocycles. The van der Waals surface area contributed by atoms with Crippen LogP contribution in [-0.4, -0.2) is 34.3 Å². The number of benzene rings is 1. The fraction of sp³-hybridized carbons (Fsp3) is 0.353. The Labute approximate surface area is 139 Å². The summed E-state index contributed by atoms with van der Waals surface area (Å²) in [6.45, 7) is 1.07. The van der Waals surface area contributed by atoms with Crippen molar-refractivity contribution in [1.29, 1.82) is 0 Å². The van der Waals surface area contributed by atoms with Crippen molar-refractivity contribution >= 4 is 11.7 Å². The van der Waals surface area contributed by atoms with Crippen molar-refractivity contribution in [3.63, 3.8) is 0 Å². The second kappa shape index (κ2) is 7.33. The zero-order chi connectivity index (χ0) is 16.9. The quantitative estimate of drug-likeness (QED) is 0.860. The highest BCUT2D eigenvalue weighted by molar-refractivity contribution is 5.84. The van der Waals surface area contributed by atoms with Gasteiger partial charge in [0, 0.05) is 20.0 Å². The zero-order valence-electron chi connectivity index (χ0n) is 13.4. The average molecular weight is 332 g/mol. The Hall–Kier alpha value is -2.57. The van der Waals surface area contributed by atoms with Crippen LogP contribution in [0.5, 0.6) is 6.01 Å². The number of likely N-dealkylation sites (tertiary alicyclic amines) is 1. The van der Waals surface area contributed by atoms with E-state index < -0.39 is 5.82 Å². The summed E-state index contributed by atoms with van der Waals surface area (Å²) in [4.78, 5) is 14.2. The van der Waals surface area contributed by atoms with Crippen molar-refractivity contribution in [2.45, 2.75) is 25.9 Å². The summed E-state index contributed by atoms with van der Waals surface area (Å²) < 4.78 is 32.2. The number of piperidine rings is 1. The summed E-state index contributed by atoms with van der Waals surface area (Å²) in [5.74, 6) is -0.117. The fourth-order valence-electron chi connectivity index (χ4n) is 2.43. The van der Waals surface area contributed by atoms with Gasteiger partial charge in [-0.25, -0.2) is 18.8 Å². The average Bonchev–Trinajstić information content (AvgIpc) is 2.59. The molecule has 1 saturated heterocycles. The predicted octanol–water partition coefficient (Wildman–Crippen LogP) is 3.48. The minimum atomic E-state index is -0.587. The van der Waals surface area contributed by atoms with Gasteiger partial charge in [0.1, 0.15) is 18.3 Å². The van der Waals surface area contributed by atoms with E-state index in [1.165, 1.54) is 12.1 Å². The van der Waals surface area contributed by atoms with Crippen LogP contribution in [-0.2, 0) is 6.61 Å². The Morgan fingerprint density at radius 2 is 2.00 bits per heavy atom. The second-order valence-electron chi connectivity index (χ2n) is 5.65. The molecule has 0 atom stereocenters. The lowest BCUT2D eigenvalue weighted by Gasteiger charge is -2.25. The van der Waals surface area contributed by atoms with Crippen LogP contribution < -0.4 is 4.74 Å². The summed E-state index contributed by atoms with van der Waals surface area (Å²) in [6.07, 6.45) is 3.98. The molecule has 3 rings (SSSR count). The Morgan fingerprint density at radius 3 is 2.75 bits per heavy atom. The minimum Gasteiger partial charge on any atom is -0.459 e. The van der Waals surface area contributed by atoms with Gasteiger partial charge < -0.3 is 9.64 Å². The van der Waals surface area contributed by atoms with Gasteiger partial charge in [0.25, 0.3) is 0 Å². The monoisotopic (exact) mass is 332 g/mol. The maximum Gasteiger partial charge on any atom is 0.318 e. The summed E-state index contributed by atoms with van der Waals surface area (Å²) >= 11 is 0. The SMILES string of the molecule is CN1CCCC/C1=N\c1nc(OCc2ccc(F)cc2)ncc1F. The maximum atomic E-state index is 13.9. The van der Waals surface area contributed by atoms with Gasteiger partial charge in [-0.05, 0) is 30.5 Å². The Morgan fingerprint density at radius 1 is 1.21 bits per heavy atom. The first-order valence-corrected chi connectivity index (χ1v) is 7.80. The molecule has 0 unspecified atom stereocenters. The number of aromatic nitrogens is 2. The van der Waals surface area contributed by atoms with Crippen molar-refractivity contribution in [3.8, 4) is 6.01 Å². The van der Waals surface area contributed by atoms with Crippen molar-refractivity contribution in [3.05, 3.63) is 47.7 Å². The van der Waals surface area contributed by atoms with Crippen molar-refractivity contribution in [1.82, 2.24) is 14.9 Å². The van der Waals surface area contributed by atoms with Crippen molar-refractivity contribution < 1.29 is 13.5 Å². The normalized spacial score (nSPS) is 16.5. The smallest absolute Gasteiger partial charge is 0.318 e. The van der Waals surface area contributed by atoms with Crippen molar-refractivity contribution in [2.75, 3.05) is 13.6 Å². The molecule has 1 aliphatic rings. The predicted molar refractivity (Wildman–Crippen MR) is 86.3 cm³/mol. The van der Waals surface area contributed by atoms with Crippen molar-refractivity contribution in [2.24, 2.45) is 4.99 Å². The molecule has 0 radical (unpaired) electrons. The van der Waals surface area contributed by atoms with Crippen LogP contribution >= 0.6 is 0 Å². The maximum absolute atomic E-state index is 13.9. The van der Waals surface area contributed by atoms with Crippen LogP contribution in [0.3, 0.4) is 0 Å². The van der Waals surface area contributed by atoms with E-state index in [-0.39, 0.29) is 24.3 Å². The highest BCUT2D eigenvalue weighted by atomic mass is 19.1. The van der Waals surface area contributed by atoms with Gasteiger partial charge in [-0.1, -0.05) is 12.1 Å². The first kappa shape index (κ1) is 16.3. The third-order valence-corrected chi connectivity index (χ3v) is 3.80. The number of aliphatic imine (C=N–C) groups is 1. The van der Waals surface area contributed by atoms with Crippen LogP contribution in [0.2, 0.25) is 0 Å². The van der Waals surface area contributed by atoms with E-state index in [2.05, 4.69) is 15.0 Å². The molecule has 2 heterocycles. The third-order valence-electron chi connectivity index (χ3n) is 3.80. The summed E-state index contributed by atoms with van der Waals surface area (Å²) in [6, 6.07) is 5.95. The van der Waals surface area contributed by atoms with Gasteiger partial charge in [0.15, 0.2) is 11.6 Å². The lowest BCUT2D eigenvalue weighted by molar-refractivity contribution is 0.279. The van der Waals surface area contributed by atoms with E-state index in [1.807, 2.05) is 11.9 Å². The zero-order valence-corrected chi connectivity index (χ0v) is 13.4. The minimum absolute atomic E-state index is 0.0251. The van der Waals surface area contributed by atoms with Gasteiger partial charge in [-0.15, -0.1) is 0 Å². The molecule has 1 aliphatic heterocycles. The molecule has 0 saturated carbocycles. The topological polar surface area (TPSA) is 50.6 Å². The van der Waals surface area contributed by atoms with E-state index in [4.69, 9.17) is 4.74 Å². The molecule has 7 heteroatoms. The molecule has 24 heavy (non-hydrogen) atoms. The second-order valence-corrected chi connectivity index (χ2v) is 5.65. The van der Waals surface area contributed by atoms with Gasteiger partial charge >= 0.3 is 6.01 Å². The molecule has 0 bridgehead atoms.